The highest BCUT2D eigenvalue weighted by Gasteiger charge is 2.30. The molecule has 3 rings (SSSR count). The summed E-state index contributed by atoms with van der Waals surface area (Å²) in [6.45, 7) is 10.9. The maximum atomic E-state index is 9.98. The number of phenolic OH excluding ortho intramolecular Hbond substituents is 2. The lowest BCUT2D eigenvalue weighted by molar-refractivity contribution is 0.317. The van der Waals surface area contributed by atoms with Gasteiger partial charge in [0.25, 0.3) is 0 Å². The van der Waals surface area contributed by atoms with Gasteiger partial charge in [-0.1, -0.05) is 0 Å². The fraction of sp³-hybridized carbons (Fsp3) is 0.455. The van der Waals surface area contributed by atoms with Gasteiger partial charge in [0, 0.05) is 48.7 Å². The number of phenols is 2. The molecule has 6 nitrogen and oxygen atoms in total. The minimum atomic E-state index is 0.164. The topological polar surface area (TPSA) is 65.4 Å². The summed E-state index contributed by atoms with van der Waals surface area (Å²) >= 11 is 0. The zero-order valence-electron chi connectivity index (χ0n) is 17.1. The highest BCUT2D eigenvalue weighted by atomic mass is 16.5. The van der Waals surface area contributed by atoms with Crippen molar-refractivity contribution in [2.45, 2.75) is 39.8 Å². The molecular weight excluding hydrogens is 356 g/mol. The predicted octanol–water partition coefficient (Wildman–Crippen LogP) is 4.00. The molecule has 6 heteroatoms. The molecule has 28 heavy (non-hydrogen) atoms. The van der Waals surface area contributed by atoms with Crippen LogP contribution in [-0.4, -0.2) is 48.6 Å². The maximum Gasteiger partial charge on any atom is 0.162 e. The summed E-state index contributed by atoms with van der Waals surface area (Å²) in [7, 11) is 0. The third-order valence-electron chi connectivity index (χ3n) is 5.14. The van der Waals surface area contributed by atoms with Crippen LogP contribution in [0.4, 0.5) is 11.4 Å². The molecule has 1 heterocycles. The molecule has 1 saturated heterocycles. The van der Waals surface area contributed by atoms with E-state index in [4.69, 9.17) is 9.47 Å². The number of anilines is 2. The smallest absolute Gasteiger partial charge is 0.162 e. The van der Waals surface area contributed by atoms with Crippen LogP contribution in [0.2, 0.25) is 0 Å². The number of nitrogens with zero attached hydrogens (tertiary/aromatic N) is 2. The third kappa shape index (κ3) is 4.06. The van der Waals surface area contributed by atoms with Gasteiger partial charge in [-0.15, -0.1) is 0 Å². The Morgan fingerprint density at radius 1 is 0.786 bits per heavy atom. The molecule has 0 spiro atoms. The summed E-state index contributed by atoms with van der Waals surface area (Å²) in [4.78, 5) is 4.68. The molecule has 0 saturated carbocycles. The van der Waals surface area contributed by atoms with Crippen molar-refractivity contribution in [3.8, 4) is 23.0 Å². The van der Waals surface area contributed by atoms with Crippen LogP contribution in [0, 0.1) is 0 Å². The largest absolute Gasteiger partial charge is 0.504 e. The van der Waals surface area contributed by atoms with Gasteiger partial charge in [0.1, 0.15) is 0 Å². The van der Waals surface area contributed by atoms with Crippen LogP contribution in [-0.2, 0) is 0 Å². The number of hydrogen-bond donors (Lipinski definition) is 2. The molecule has 152 valence electrons. The first-order chi connectivity index (χ1) is 13.4. The highest BCUT2D eigenvalue weighted by Crippen LogP contribution is 2.36. The second kappa shape index (κ2) is 8.50. The Kier molecular flexibility index (Phi) is 6.07. The lowest BCUT2D eigenvalue weighted by Crippen LogP contribution is -2.56. The van der Waals surface area contributed by atoms with E-state index in [0.29, 0.717) is 24.7 Å². The van der Waals surface area contributed by atoms with Crippen molar-refractivity contribution in [2.24, 2.45) is 0 Å². The first kappa shape index (κ1) is 20.0. The normalized spacial score (nSPS) is 19.6. The molecule has 0 radical (unpaired) electrons. The molecule has 0 aliphatic carbocycles. The van der Waals surface area contributed by atoms with E-state index in [2.05, 4.69) is 23.6 Å². The standard InChI is InChI=1S/C22H30N2O4/c1-5-27-21-11-17(7-9-19(21)25)23-13-16(4)24(14-15(23)3)18-8-10-20(26)22(12-18)28-6-2/h7-12,15-16,25-26H,5-6,13-14H2,1-4H3. The van der Waals surface area contributed by atoms with Gasteiger partial charge >= 0.3 is 0 Å². The average molecular weight is 386 g/mol. The molecule has 0 bridgehead atoms. The molecule has 0 amide bonds. The molecule has 2 N–H and O–H groups in total. The van der Waals surface area contributed by atoms with Gasteiger partial charge in [0.05, 0.1) is 13.2 Å². The summed E-state index contributed by atoms with van der Waals surface area (Å²) in [5, 5.41) is 20.0. The van der Waals surface area contributed by atoms with Crippen LogP contribution in [0.15, 0.2) is 36.4 Å². The number of ether oxygens (including phenoxy) is 2. The van der Waals surface area contributed by atoms with E-state index in [-0.39, 0.29) is 23.6 Å². The second-order valence-corrected chi connectivity index (χ2v) is 7.17. The maximum absolute atomic E-state index is 9.98. The number of rotatable bonds is 6. The summed E-state index contributed by atoms with van der Waals surface area (Å²) in [5.74, 6) is 1.36. The van der Waals surface area contributed by atoms with Crippen molar-refractivity contribution >= 4 is 11.4 Å². The predicted molar refractivity (Wildman–Crippen MR) is 112 cm³/mol. The monoisotopic (exact) mass is 386 g/mol. The van der Waals surface area contributed by atoms with Crippen molar-refractivity contribution in [1.82, 2.24) is 0 Å². The highest BCUT2D eigenvalue weighted by molar-refractivity contribution is 5.61. The van der Waals surface area contributed by atoms with Crippen LogP contribution in [0.5, 0.6) is 23.0 Å². The summed E-state index contributed by atoms with van der Waals surface area (Å²) in [5.41, 5.74) is 2.09. The Bertz CT molecular complexity index is 744. The lowest BCUT2D eigenvalue weighted by atomic mass is 10.1. The zero-order chi connectivity index (χ0) is 20.3. The molecule has 1 aliphatic heterocycles. The minimum Gasteiger partial charge on any atom is -0.504 e. The Morgan fingerprint density at radius 2 is 1.18 bits per heavy atom. The van der Waals surface area contributed by atoms with E-state index in [1.54, 1.807) is 12.1 Å². The molecule has 2 unspecified atom stereocenters. The molecule has 1 fully saturated rings. The molecule has 0 aromatic heterocycles. The van der Waals surface area contributed by atoms with Crippen molar-refractivity contribution in [3.63, 3.8) is 0 Å². The number of hydrogen-bond acceptors (Lipinski definition) is 6. The van der Waals surface area contributed by atoms with Crippen LogP contribution >= 0.6 is 0 Å². The fourth-order valence-corrected chi connectivity index (χ4v) is 3.75. The second-order valence-electron chi connectivity index (χ2n) is 7.17. The third-order valence-corrected chi connectivity index (χ3v) is 5.14. The van der Waals surface area contributed by atoms with Gasteiger partial charge in [-0.2, -0.15) is 0 Å². The van der Waals surface area contributed by atoms with E-state index in [9.17, 15) is 10.2 Å². The zero-order valence-corrected chi connectivity index (χ0v) is 17.1. The Balaban J connectivity index is 1.81. The first-order valence-electron chi connectivity index (χ1n) is 9.89. The number of piperazine rings is 1. The van der Waals surface area contributed by atoms with Crippen LogP contribution < -0.4 is 19.3 Å². The first-order valence-corrected chi connectivity index (χ1v) is 9.89. The van der Waals surface area contributed by atoms with Crippen molar-refractivity contribution in [1.29, 1.82) is 0 Å². The lowest BCUT2D eigenvalue weighted by Gasteiger charge is -2.46. The minimum absolute atomic E-state index is 0.164. The Morgan fingerprint density at radius 3 is 1.54 bits per heavy atom. The molecular formula is C22H30N2O4. The van der Waals surface area contributed by atoms with Gasteiger partial charge < -0.3 is 29.5 Å². The number of benzene rings is 2. The van der Waals surface area contributed by atoms with E-state index >= 15 is 0 Å². The molecule has 2 atom stereocenters. The van der Waals surface area contributed by atoms with Gasteiger partial charge in [0.2, 0.25) is 0 Å². The fourth-order valence-electron chi connectivity index (χ4n) is 3.75. The van der Waals surface area contributed by atoms with Gasteiger partial charge in [-0.05, 0) is 52.0 Å². The molecule has 2 aromatic carbocycles. The van der Waals surface area contributed by atoms with Crippen molar-refractivity contribution in [3.05, 3.63) is 36.4 Å². The Labute approximate surface area is 166 Å². The van der Waals surface area contributed by atoms with E-state index < -0.39 is 0 Å². The van der Waals surface area contributed by atoms with Crippen LogP contribution in [0.1, 0.15) is 27.7 Å². The average Bonchev–Trinajstić information content (AvgIpc) is 2.67. The van der Waals surface area contributed by atoms with Crippen LogP contribution in [0.3, 0.4) is 0 Å². The Hall–Kier alpha value is -2.76. The van der Waals surface area contributed by atoms with Gasteiger partial charge in [-0.3, -0.25) is 0 Å². The van der Waals surface area contributed by atoms with Crippen molar-refractivity contribution in [2.75, 3.05) is 36.1 Å². The summed E-state index contributed by atoms with van der Waals surface area (Å²) in [6.07, 6.45) is 0. The van der Waals surface area contributed by atoms with Crippen molar-refractivity contribution < 1.29 is 19.7 Å². The SMILES string of the molecule is CCOc1cc(N2CC(C)N(c3ccc(O)c(OCC)c3)CC2C)ccc1O. The van der Waals surface area contributed by atoms with Gasteiger partial charge in [0.15, 0.2) is 23.0 Å². The summed E-state index contributed by atoms with van der Waals surface area (Å²) in [6, 6.07) is 11.6. The van der Waals surface area contributed by atoms with E-state index in [0.717, 1.165) is 24.5 Å². The summed E-state index contributed by atoms with van der Waals surface area (Å²) < 4.78 is 11.1. The quantitative estimate of drug-likeness (QED) is 0.782. The van der Waals surface area contributed by atoms with E-state index in [1.807, 2.05) is 38.1 Å². The molecule has 1 aliphatic rings. The van der Waals surface area contributed by atoms with E-state index in [1.165, 1.54) is 0 Å². The van der Waals surface area contributed by atoms with Crippen LogP contribution in [0.25, 0.3) is 0 Å². The molecule has 2 aromatic rings. The van der Waals surface area contributed by atoms with Gasteiger partial charge in [-0.25, -0.2) is 0 Å². The number of aromatic hydroxyl groups is 2.